The number of aliphatic hydroxyl groups is 1. The minimum atomic E-state index is -0.973. The molecule has 0 aromatic heterocycles. The van der Waals surface area contributed by atoms with E-state index in [1.165, 1.54) is 4.90 Å². The molecule has 0 bridgehead atoms. The number of benzene rings is 1. The van der Waals surface area contributed by atoms with Crippen LogP contribution < -0.4 is 5.32 Å². The van der Waals surface area contributed by atoms with E-state index >= 15 is 0 Å². The molecule has 0 fully saturated rings. The number of carbonyl (C=O) groups is 2. The Hall–Kier alpha value is -1.30. The molecular weight excluding hydrogens is 327 g/mol. The molecule has 122 valence electrons. The van der Waals surface area contributed by atoms with Gasteiger partial charge in [0.1, 0.15) is 0 Å². The predicted octanol–water partition coefficient (Wildman–Crippen LogP) is 2.40. The third-order valence-electron chi connectivity index (χ3n) is 3.04. The Morgan fingerprint density at radius 1 is 1.23 bits per heavy atom. The van der Waals surface area contributed by atoms with Gasteiger partial charge in [-0.15, -0.1) is 0 Å². The van der Waals surface area contributed by atoms with E-state index in [-0.39, 0.29) is 18.2 Å². The maximum absolute atomic E-state index is 11.7. The van der Waals surface area contributed by atoms with Crippen molar-refractivity contribution in [1.29, 1.82) is 0 Å². The number of amides is 2. The van der Waals surface area contributed by atoms with Crippen molar-refractivity contribution < 1.29 is 14.7 Å². The SMILES string of the molecule is CN(C)C(=O)CCCNC(=O)CC(O)c1cc(Cl)cc(Cl)c1. The van der Waals surface area contributed by atoms with Gasteiger partial charge in [0.2, 0.25) is 11.8 Å². The second-order valence-electron chi connectivity index (χ2n) is 5.16. The number of carbonyl (C=O) groups excluding carboxylic acids is 2. The number of aliphatic hydroxyl groups excluding tert-OH is 1. The zero-order valence-electron chi connectivity index (χ0n) is 12.6. The van der Waals surface area contributed by atoms with Gasteiger partial charge in [-0.2, -0.15) is 0 Å². The molecule has 0 aliphatic heterocycles. The fourth-order valence-electron chi connectivity index (χ4n) is 1.82. The molecule has 2 N–H and O–H groups in total. The molecule has 1 aromatic carbocycles. The summed E-state index contributed by atoms with van der Waals surface area (Å²) in [7, 11) is 3.38. The number of hydrogen-bond acceptors (Lipinski definition) is 3. The van der Waals surface area contributed by atoms with Gasteiger partial charge in [0.25, 0.3) is 0 Å². The number of nitrogens with zero attached hydrogens (tertiary/aromatic N) is 1. The fraction of sp³-hybridized carbons (Fsp3) is 0.467. The highest BCUT2D eigenvalue weighted by molar-refractivity contribution is 6.34. The third-order valence-corrected chi connectivity index (χ3v) is 3.47. The lowest BCUT2D eigenvalue weighted by Crippen LogP contribution is -2.28. The molecule has 0 spiro atoms. The van der Waals surface area contributed by atoms with Crippen molar-refractivity contribution in [3.8, 4) is 0 Å². The topological polar surface area (TPSA) is 69.6 Å². The Morgan fingerprint density at radius 3 is 2.36 bits per heavy atom. The summed E-state index contributed by atoms with van der Waals surface area (Å²) in [4.78, 5) is 24.6. The lowest BCUT2D eigenvalue weighted by atomic mass is 10.1. The Labute approximate surface area is 140 Å². The van der Waals surface area contributed by atoms with Crippen LogP contribution in [0.15, 0.2) is 18.2 Å². The number of rotatable bonds is 7. The molecule has 0 aliphatic carbocycles. The van der Waals surface area contributed by atoms with Crippen LogP contribution in [0, 0.1) is 0 Å². The van der Waals surface area contributed by atoms with E-state index in [9.17, 15) is 14.7 Å². The molecule has 0 aliphatic rings. The molecule has 0 heterocycles. The van der Waals surface area contributed by atoms with Gasteiger partial charge in [0, 0.05) is 37.1 Å². The van der Waals surface area contributed by atoms with Crippen LogP contribution in [0.4, 0.5) is 0 Å². The lowest BCUT2D eigenvalue weighted by Gasteiger charge is -2.13. The summed E-state index contributed by atoms with van der Waals surface area (Å²) in [6, 6.07) is 4.70. The Bertz CT molecular complexity index is 515. The first-order chi connectivity index (χ1) is 10.3. The zero-order valence-corrected chi connectivity index (χ0v) is 14.1. The van der Waals surface area contributed by atoms with Gasteiger partial charge in [-0.05, 0) is 30.2 Å². The largest absolute Gasteiger partial charge is 0.388 e. The molecule has 22 heavy (non-hydrogen) atoms. The molecule has 7 heteroatoms. The predicted molar refractivity (Wildman–Crippen MR) is 87.0 cm³/mol. The third kappa shape index (κ3) is 6.64. The molecule has 5 nitrogen and oxygen atoms in total. The lowest BCUT2D eigenvalue weighted by molar-refractivity contribution is -0.129. The Morgan fingerprint density at radius 2 is 1.82 bits per heavy atom. The molecule has 0 radical (unpaired) electrons. The Kier molecular flexibility index (Phi) is 7.65. The molecule has 1 aromatic rings. The van der Waals surface area contributed by atoms with Gasteiger partial charge >= 0.3 is 0 Å². The van der Waals surface area contributed by atoms with Crippen LogP contribution in [0.1, 0.15) is 30.9 Å². The van der Waals surface area contributed by atoms with E-state index in [0.717, 1.165) is 0 Å². The van der Waals surface area contributed by atoms with Crippen molar-refractivity contribution in [3.63, 3.8) is 0 Å². The van der Waals surface area contributed by atoms with Crippen molar-refractivity contribution in [3.05, 3.63) is 33.8 Å². The summed E-state index contributed by atoms with van der Waals surface area (Å²) in [6.45, 7) is 0.390. The van der Waals surface area contributed by atoms with Gasteiger partial charge in [-0.1, -0.05) is 23.2 Å². The molecular formula is C15H20Cl2N2O3. The first kappa shape index (κ1) is 18.7. The van der Waals surface area contributed by atoms with Crippen LogP contribution in [-0.2, 0) is 9.59 Å². The van der Waals surface area contributed by atoms with Crippen LogP contribution in [0.5, 0.6) is 0 Å². The normalized spacial score (nSPS) is 11.9. The number of halogens is 2. The van der Waals surface area contributed by atoms with Crippen LogP contribution in [-0.4, -0.2) is 42.5 Å². The monoisotopic (exact) mass is 346 g/mol. The minimum absolute atomic E-state index is 0.0165. The maximum atomic E-state index is 11.7. The molecule has 1 unspecified atom stereocenters. The van der Waals surface area contributed by atoms with Gasteiger partial charge in [-0.3, -0.25) is 9.59 Å². The van der Waals surface area contributed by atoms with Crippen molar-refractivity contribution in [2.75, 3.05) is 20.6 Å². The summed E-state index contributed by atoms with van der Waals surface area (Å²) in [5.41, 5.74) is 0.496. The second kappa shape index (κ2) is 8.98. The van der Waals surface area contributed by atoms with Crippen LogP contribution in [0.3, 0.4) is 0 Å². The average molecular weight is 347 g/mol. The minimum Gasteiger partial charge on any atom is -0.388 e. The van der Waals surface area contributed by atoms with E-state index in [1.54, 1.807) is 32.3 Å². The summed E-state index contributed by atoms with van der Waals surface area (Å²) >= 11 is 11.7. The van der Waals surface area contributed by atoms with Crippen molar-refractivity contribution in [1.82, 2.24) is 10.2 Å². The maximum Gasteiger partial charge on any atom is 0.222 e. The molecule has 1 rings (SSSR count). The van der Waals surface area contributed by atoms with Gasteiger partial charge in [0.15, 0.2) is 0 Å². The fourth-order valence-corrected chi connectivity index (χ4v) is 2.37. The first-order valence-corrected chi connectivity index (χ1v) is 7.66. The van der Waals surface area contributed by atoms with E-state index in [2.05, 4.69) is 5.32 Å². The molecule has 1 atom stereocenters. The molecule has 2 amide bonds. The van der Waals surface area contributed by atoms with E-state index in [1.807, 2.05) is 0 Å². The number of nitrogens with one attached hydrogen (secondary N) is 1. The summed E-state index contributed by atoms with van der Waals surface area (Å²) < 4.78 is 0. The van der Waals surface area contributed by atoms with Crippen LogP contribution in [0.2, 0.25) is 10.0 Å². The van der Waals surface area contributed by atoms with Gasteiger partial charge in [-0.25, -0.2) is 0 Å². The highest BCUT2D eigenvalue weighted by Crippen LogP contribution is 2.25. The zero-order chi connectivity index (χ0) is 16.7. The van der Waals surface area contributed by atoms with E-state index in [0.29, 0.717) is 35.0 Å². The van der Waals surface area contributed by atoms with Crippen molar-refractivity contribution in [2.45, 2.75) is 25.4 Å². The highest BCUT2D eigenvalue weighted by atomic mass is 35.5. The highest BCUT2D eigenvalue weighted by Gasteiger charge is 2.14. The first-order valence-electron chi connectivity index (χ1n) is 6.90. The van der Waals surface area contributed by atoms with Gasteiger partial charge in [0.05, 0.1) is 12.5 Å². The summed E-state index contributed by atoms with van der Waals surface area (Å²) in [5.74, 6) is -0.274. The van der Waals surface area contributed by atoms with Crippen molar-refractivity contribution >= 4 is 35.0 Å². The second-order valence-corrected chi connectivity index (χ2v) is 6.04. The standard InChI is InChI=1S/C15H20Cl2N2O3/c1-19(2)15(22)4-3-5-18-14(21)9-13(20)10-6-11(16)8-12(17)7-10/h6-8,13,20H,3-5,9H2,1-2H3,(H,18,21). The Balaban J connectivity index is 2.37. The van der Waals surface area contributed by atoms with Gasteiger partial charge < -0.3 is 15.3 Å². The van der Waals surface area contributed by atoms with Crippen molar-refractivity contribution in [2.24, 2.45) is 0 Å². The smallest absolute Gasteiger partial charge is 0.222 e. The molecule has 0 saturated carbocycles. The van der Waals surface area contributed by atoms with E-state index in [4.69, 9.17) is 23.2 Å². The summed E-state index contributed by atoms with van der Waals surface area (Å²) in [5, 5.41) is 13.5. The van der Waals surface area contributed by atoms with Crippen LogP contribution >= 0.6 is 23.2 Å². The quantitative estimate of drug-likeness (QED) is 0.744. The molecule has 0 saturated heterocycles. The average Bonchev–Trinajstić information content (AvgIpc) is 2.42. The van der Waals surface area contributed by atoms with E-state index < -0.39 is 6.10 Å². The van der Waals surface area contributed by atoms with Crippen LogP contribution in [0.25, 0.3) is 0 Å². The summed E-state index contributed by atoms with van der Waals surface area (Å²) in [6.07, 6.45) is -0.125. The number of hydrogen-bond donors (Lipinski definition) is 2.